The number of unbranched alkanes of at least 4 members (excludes halogenated alkanes) is 8. The summed E-state index contributed by atoms with van der Waals surface area (Å²) < 4.78 is 10.4. The minimum atomic E-state index is -2.80. The molecule has 0 saturated heterocycles. The molecule has 0 fully saturated rings. The van der Waals surface area contributed by atoms with Gasteiger partial charge in [0.25, 0.3) is 0 Å². The first-order valence-electron chi connectivity index (χ1n) is 17.9. The van der Waals surface area contributed by atoms with E-state index in [4.69, 9.17) is 9.47 Å². The maximum atomic E-state index is 13.8. The van der Waals surface area contributed by atoms with Crippen molar-refractivity contribution in [3.8, 4) is 17.6 Å². The third-order valence-corrected chi connectivity index (χ3v) is 8.96. The van der Waals surface area contributed by atoms with Crippen molar-refractivity contribution in [2.24, 2.45) is 5.92 Å². The number of ketones is 1. The summed E-state index contributed by atoms with van der Waals surface area (Å²) in [6.45, 7) is 4.34. The minimum absolute atomic E-state index is 0.00588. The molecule has 0 aliphatic rings. The van der Waals surface area contributed by atoms with Crippen molar-refractivity contribution in [2.75, 3.05) is 32.3 Å². The van der Waals surface area contributed by atoms with Gasteiger partial charge in [-0.05, 0) is 56.6 Å². The number of amides is 2. The number of carboxylic acids is 1. The highest BCUT2D eigenvalue weighted by molar-refractivity contribution is 7.98. The highest BCUT2D eigenvalue weighted by Crippen LogP contribution is 2.26. The molecule has 0 radical (unpaired) electrons. The third-order valence-electron chi connectivity index (χ3n) is 8.34. The number of thioether (sulfide) groups is 1. The Balaban J connectivity index is 3.02. The standard InChI is InChI=1S/C39H58N2O9S/c1-5-7-9-12-15-18-31(42)19-16-13-10-11-14-17-20-33(39(48,38(46)47)29-35(43)40-25-27-51-4)36(44)41-34(37(45)49-3)28-30-21-23-32(24-22-30)50-26-8-6-2/h17,20-24,33-34,48H,5,7,9-16,18-19,25-29H2,1-4H3,(H,40,43)(H,41,44)(H,46,47)/b20-17+/t33-,34+,39+/m1/s1. The zero-order chi connectivity index (χ0) is 37.9. The van der Waals surface area contributed by atoms with Gasteiger partial charge in [0.1, 0.15) is 24.2 Å². The summed E-state index contributed by atoms with van der Waals surface area (Å²) in [5.41, 5.74) is -2.15. The van der Waals surface area contributed by atoms with Crippen LogP contribution >= 0.6 is 11.8 Å². The molecule has 11 nitrogen and oxygen atoms in total. The second kappa shape index (κ2) is 26.9. The molecule has 0 bridgehead atoms. The molecule has 0 saturated carbocycles. The fourth-order valence-corrected chi connectivity index (χ4v) is 5.66. The monoisotopic (exact) mass is 730 g/mol. The van der Waals surface area contributed by atoms with Gasteiger partial charge in [-0.1, -0.05) is 75.7 Å². The van der Waals surface area contributed by atoms with Crippen molar-refractivity contribution >= 4 is 41.3 Å². The number of hydrogen-bond donors (Lipinski definition) is 4. The summed E-state index contributed by atoms with van der Waals surface area (Å²) in [7, 11) is 1.17. The molecular weight excluding hydrogens is 673 g/mol. The van der Waals surface area contributed by atoms with Gasteiger partial charge in [-0.2, -0.15) is 11.8 Å². The van der Waals surface area contributed by atoms with Crippen molar-refractivity contribution in [3.63, 3.8) is 0 Å². The van der Waals surface area contributed by atoms with Crippen LogP contribution < -0.4 is 15.4 Å². The predicted molar refractivity (Wildman–Crippen MR) is 200 cm³/mol. The summed E-state index contributed by atoms with van der Waals surface area (Å²) in [5, 5.41) is 26.7. The molecule has 2 amide bonds. The first-order chi connectivity index (χ1) is 24.5. The molecule has 0 aliphatic carbocycles. The maximum Gasteiger partial charge on any atom is 0.337 e. The molecule has 1 aromatic carbocycles. The van der Waals surface area contributed by atoms with E-state index in [2.05, 4.69) is 29.4 Å². The summed E-state index contributed by atoms with van der Waals surface area (Å²) in [4.78, 5) is 63.9. The van der Waals surface area contributed by atoms with Crippen LogP contribution in [0, 0.1) is 17.8 Å². The highest BCUT2D eigenvalue weighted by atomic mass is 32.2. The van der Waals surface area contributed by atoms with Crippen LogP contribution in [-0.2, 0) is 35.1 Å². The number of esters is 1. The number of carbonyl (C=O) groups is 5. The molecule has 12 heteroatoms. The Labute approximate surface area is 308 Å². The second-order valence-corrected chi connectivity index (χ2v) is 13.4. The Kier molecular flexibility index (Phi) is 23.9. The molecule has 0 aromatic heterocycles. The van der Waals surface area contributed by atoms with Crippen molar-refractivity contribution in [1.82, 2.24) is 10.6 Å². The summed E-state index contributed by atoms with van der Waals surface area (Å²) in [6, 6.07) is 5.60. The molecule has 1 aromatic rings. The maximum absolute atomic E-state index is 13.8. The van der Waals surface area contributed by atoms with Crippen molar-refractivity contribution < 1.29 is 43.7 Å². The Hall–Kier alpha value is -3.82. The number of benzene rings is 1. The number of nitrogens with one attached hydrogen (secondary N) is 2. The van der Waals surface area contributed by atoms with Crippen LogP contribution in [0.15, 0.2) is 36.4 Å². The smallest absolute Gasteiger partial charge is 0.337 e. The van der Waals surface area contributed by atoms with Crippen LogP contribution in [0.1, 0.15) is 103 Å². The van der Waals surface area contributed by atoms with Crippen LogP contribution in [0.4, 0.5) is 0 Å². The van der Waals surface area contributed by atoms with Gasteiger partial charge in [0.2, 0.25) is 11.8 Å². The Morgan fingerprint density at radius 3 is 2.22 bits per heavy atom. The van der Waals surface area contributed by atoms with Gasteiger partial charge in [-0.15, -0.1) is 5.92 Å². The van der Waals surface area contributed by atoms with Gasteiger partial charge < -0.3 is 30.3 Å². The van der Waals surface area contributed by atoms with Gasteiger partial charge in [-0.3, -0.25) is 14.4 Å². The summed E-state index contributed by atoms with van der Waals surface area (Å²) >= 11 is 1.48. The number of Topliss-reactive ketones (excluding diaryl/α,β-unsaturated/α-hetero) is 1. The van der Waals surface area contributed by atoms with E-state index in [0.29, 0.717) is 48.5 Å². The molecular formula is C39H58N2O9S. The lowest BCUT2D eigenvalue weighted by Gasteiger charge is -2.30. The number of rotatable bonds is 28. The van der Waals surface area contributed by atoms with E-state index in [1.54, 1.807) is 37.3 Å². The number of aliphatic carboxylic acids is 1. The van der Waals surface area contributed by atoms with Crippen LogP contribution in [0.2, 0.25) is 0 Å². The van der Waals surface area contributed by atoms with E-state index < -0.39 is 47.7 Å². The number of carboxylic acid groups (broad SMARTS) is 1. The topological polar surface area (TPSA) is 168 Å². The fraction of sp³-hybridized carbons (Fsp3) is 0.615. The van der Waals surface area contributed by atoms with Gasteiger partial charge >= 0.3 is 11.9 Å². The first-order valence-corrected chi connectivity index (χ1v) is 19.3. The molecule has 4 N–H and O–H groups in total. The van der Waals surface area contributed by atoms with Gasteiger partial charge in [0.15, 0.2) is 5.60 Å². The van der Waals surface area contributed by atoms with Gasteiger partial charge in [0.05, 0.1) is 19.4 Å². The zero-order valence-corrected chi connectivity index (χ0v) is 31.6. The SMILES string of the molecule is CC#CCOc1ccc(C[C@H](NC(=O)[C@@H](/C=C/CCCCCCC(=O)CCCCCCC)[C@@](O)(CC(=O)NCCSC)C(=O)O)C(=O)OC)cc1. The van der Waals surface area contributed by atoms with E-state index in [1.165, 1.54) is 44.2 Å². The number of aliphatic hydroxyl groups is 1. The van der Waals surface area contributed by atoms with E-state index in [9.17, 15) is 34.2 Å². The molecule has 3 atom stereocenters. The fourth-order valence-electron chi connectivity index (χ4n) is 5.35. The van der Waals surface area contributed by atoms with Crippen LogP contribution in [-0.4, -0.2) is 83.7 Å². The highest BCUT2D eigenvalue weighted by Gasteiger charge is 2.49. The van der Waals surface area contributed by atoms with E-state index >= 15 is 0 Å². The average molecular weight is 731 g/mol. The van der Waals surface area contributed by atoms with Crippen molar-refractivity contribution in [3.05, 3.63) is 42.0 Å². The quantitative estimate of drug-likeness (QED) is 0.0379. The Morgan fingerprint density at radius 1 is 0.980 bits per heavy atom. The lowest BCUT2D eigenvalue weighted by Crippen LogP contribution is -2.56. The van der Waals surface area contributed by atoms with Gasteiger partial charge in [0, 0.05) is 31.6 Å². The molecule has 0 unspecified atom stereocenters. The molecule has 1 rings (SSSR count). The van der Waals surface area contributed by atoms with E-state index in [-0.39, 0.29) is 19.6 Å². The lowest BCUT2D eigenvalue weighted by atomic mass is 9.82. The number of ether oxygens (including phenoxy) is 2. The Morgan fingerprint density at radius 2 is 1.63 bits per heavy atom. The first kappa shape index (κ1) is 45.2. The molecule has 0 heterocycles. The zero-order valence-electron chi connectivity index (χ0n) is 30.8. The van der Waals surface area contributed by atoms with Crippen LogP contribution in [0.25, 0.3) is 0 Å². The third kappa shape index (κ3) is 18.8. The number of allylic oxidation sites excluding steroid dienone is 1. The number of carbonyl (C=O) groups excluding carboxylic acids is 4. The van der Waals surface area contributed by atoms with Crippen LogP contribution in [0.5, 0.6) is 5.75 Å². The Bertz CT molecular complexity index is 1310. The largest absolute Gasteiger partial charge is 0.481 e. The molecule has 0 spiro atoms. The normalized spacial score (nSPS) is 13.3. The molecule has 0 aliphatic heterocycles. The number of hydrogen-bond acceptors (Lipinski definition) is 9. The van der Waals surface area contributed by atoms with Crippen molar-refractivity contribution in [2.45, 2.75) is 115 Å². The second-order valence-electron chi connectivity index (χ2n) is 12.5. The predicted octanol–water partition coefficient (Wildman–Crippen LogP) is 5.42. The summed E-state index contributed by atoms with van der Waals surface area (Å²) in [5.74, 6) is 1.07. The average Bonchev–Trinajstić information content (AvgIpc) is 3.10. The molecule has 51 heavy (non-hydrogen) atoms. The van der Waals surface area contributed by atoms with Crippen LogP contribution in [0.3, 0.4) is 0 Å². The van der Waals surface area contributed by atoms with Gasteiger partial charge in [-0.25, -0.2) is 9.59 Å². The van der Waals surface area contributed by atoms with E-state index in [0.717, 1.165) is 32.1 Å². The molecule has 284 valence electrons. The van der Waals surface area contributed by atoms with Crippen molar-refractivity contribution in [1.29, 1.82) is 0 Å². The lowest BCUT2D eigenvalue weighted by molar-refractivity contribution is -0.169. The summed E-state index contributed by atoms with van der Waals surface area (Å²) in [6.07, 6.45) is 14.3. The van der Waals surface area contributed by atoms with E-state index in [1.807, 2.05) is 6.26 Å². The minimum Gasteiger partial charge on any atom is -0.481 e. The number of methoxy groups -OCH3 is 1.